The highest BCUT2D eigenvalue weighted by atomic mass is 19.1. The molecule has 0 unspecified atom stereocenters. The van der Waals surface area contributed by atoms with Gasteiger partial charge in [-0.3, -0.25) is 4.79 Å². The summed E-state index contributed by atoms with van der Waals surface area (Å²) in [6.45, 7) is 2.53. The quantitative estimate of drug-likeness (QED) is 0.516. The van der Waals surface area contributed by atoms with E-state index in [0.717, 1.165) is 30.6 Å². The van der Waals surface area contributed by atoms with Crippen molar-refractivity contribution in [2.75, 3.05) is 30.9 Å². The van der Waals surface area contributed by atoms with Gasteiger partial charge in [0.15, 0.2) is 0 Å². The first-order valence-electron chi connectivity index (χ1n) is 11.3. The Hall–Kier alpha value is -3.75. The van der Waals surface area contributed by atoms with Crippen molar-refractivity contribution in [3.05, 3.63) is 65.7 Å². The standard InChI is InChI=1S/C25H29FN6O2/c1-16-14-29-25(31-22(16)32(2)3)30-19-10-9-17(12-19)15-28-23(33)21-8-5-11-27-24(21)34-20-7-4-6-18(26)13-20/h4-8,11,13-14,17,19H,9-10,12,15H2,1-3H3,(H,28,33)(H,29,30,31)/t17-,19+/m1/s1. The molecule has 1 amide bonds. The number of hydrogen-bond donors (Lipinski definition) is 2. The first-order chi connectivity index (χ1) is 16.4. The number of anilines is 2. The Kier molecular flexibility index (Phi) is 7.20. The van der Waals surface area contributed by atoms with Crippen LogP contribution in [-0.4, -0.2) is 47.5 Å². The molecule has 3 aromatic rings. The van der Waals surface area contributed by atoms with Crippen LogP contribution in [0.15, 0.2) is 48.8 Å². The Balaban J connectivity index is 1.32. The zero-order chi connectivity index (χ0) is 24.1. The van der Waals surface area contributed by atoms with Gasteiger partial charge in [0.25, 0.3) is 5.91 Å². The van der Waals surface area contributed by atoms with E-state index in [0.29, 0.717) is 24.0 Å². The molecule has 0 bridgehead atoms. The molecule has 2 atom stereocenters. The molecule has 34 heavy (non-hydrogen) atoms. The van der Waals surface area contributed by atoms with Gasteiger partial charge in [-0.1, -0.05) is 6.07 Å². The minimum Gasteiger partial charge on any atom is -0.438 e. The summed E-state index contributed by atoms with van der Waals surface area (Å²) < 4.78 is 19.1. The molecular formula is C25H29FN6O2. The summed E-state index contributed by atoms with van der Waals surface area (Å²) in [4.78, 5) is 28.0. The van der Waals surface area contributed by atoms with Gasteiger partial charge in [-0.05, 0) is 56.4 Å². The van der Waals surface area contributed by atoms with Crippen molar-refractivity contribution in [1.82, 2.24) is 20.3 Å². The van der Waals surface area contributed by atoms with Crippen molar-refractivity contribution >= 4 is 17.7 Å². The van der Waals surface area contributed by atoms with E-state index in [1.54, 1.807) is 24.3 Å². The lowest BCUT2D eigenvalue weighted by molar-refractivity contribution is 0.0944. The van der Waals surface area contributed by atoms with Gasteiger partial charge in [0.05, 0.1) is 0 Å². The van der Waals surface area contributed by atoms with Gasteiger partial charge in [0, 0.05) is 50.7 Å². The molecular weight excluding hydrogens is 435 g/mol. The van der Waals surface area contributed by atoms with Gasteiger partial charge < -0.3 is 20.3 Å². The Labute approximate surface area is 198 Å². The summed E-state index contributed by atoms with van der Waals surface area (Å²) in [5, 5.41) is 6.43. The van der Waals surface area contributed by atoms with Crippen molar-refractivity contribution in [3.63, 3.8) is 0 Å². The van der Waals surface area contributed by atoms with Crippen molar-refractivity contribution in [3.8, 4) is 11.6 Å². The number of hydrogen-bond acceptors (Lipinski definition) is 7. The monoisotopic (exact) mass is 464 g/mol. The molecule has 1 saturated carbocycles. The van der Waals surface area contributed by atoms with Gasteiger partial charge >= 0.3 is 0 Å². The first-order valence-corrected chi connectivity index (χ1v) is 11.3. The normalized spacial score (nSPS) is 17.3. The second-order valence-corrected chi connectivity index (χ2v) is 8.74. The smallest absolute Gasteiger partial charge is 0.256 e. The van der Waals surface area contributed by atoms with Gasteiger partial charge in [-0.25, -0.2) is 14.4 Å². The average Bonchev–Trinajstić information content (AvgIpc) is 3.26. The van der Waals surface area contributed by atoms with E-state index in [-0.39, 0.29) is 23.6 Å². The fourth-order valence-electron chi connectivity index (χ4n) is 4.15. The number of nitrogens with one attached hydrogen (secondary N) is 2. The van der Waals surface area contributed by atoms with E-state index in [4.69, 9.17) is 4.74 Å². The number of rotatable bonds is 8. The van der Waals surface area contributed by atoms with Crippen LogP contribution in [0.25, 0.3) is 0 Å². The van der Waals surface area contributed by atoms with Crippen LogP contribution in [0.5, 0.6) is 11.6 Å². The Bertz CT molecular complexity index is 1160. The summed E-state index contributed by atoms with van der Waals surface area (Å²) in [5.74, 6) is 1.60. The summed E-state index contributed by atoms with van der Waals surface area (Å²) in [7, 11) is 3.93. The fourth-order valence-corrected chi connectivity index (χ4v) is 4.15. The van der Waals surface area contributed by atoms with Gasteiger partial charge in [-0.2, -0.15) is 4.98 Å². The predicted octanol–water partition coefficient (Wildman–Crippen LogP) is 4.19. The van der Waals surface area contributed by atoms with Crippen molar-refractivity contribution < 1.29 is 13.9 Å². The fraction of sp³-hybridized carbons (Fsp3) is 0.360. The summed E-state index contributed by atoms with van der Waals surface area (Å²) in [5.41, 5.74) is 1.34. The highest BCUT2D eigenvalue weighted by molar-refractivity contribution is 5.96. The van der Waals surface area contributed by atoms with E-state index >= 15 is 0 Å². The lowest BCUT2D eigenvalue weighted by atomic mass is 10.1. The molecule has 1 aliphatic rings. The number of aromatic nitrogens is 3. The first kappa shape index (κ1) is 23.4. The number of carbonyl (C=O) groups excluding carboxylic acids is 1. The van der Waals surface area contributed by atoms with Crippen LogP contribution < -0.4 is 20.3 Å². The van der Waals surface area contributed by atoms with E-state index < -0.39 is 5.82 Å². The summed E-state index contributed by atoms with van der Waals surface area (Å²) in [6.07, 6.45) is 6.25. The molecule has 1 aliphatic carbocycles. The van der Waals surface area contributed by atoms with Crippen molar-refractivity contribution in [1.29, 1.82) is 0 Å². The second kappa shape index (κ2) is 10.5. The van der Waals surface area contributed by atoms with Crippen LogP contribution in [0.2, 0.25) is 0 Å². The number of pyridine rings is 1. The number of amides is 1. The molecule has 1 fully saturated rings. The van der Waals surface area contributed by atoms with Crippen LogP contribution in [0, 0.1) is 18.7 Å². The summed E-state index contributed by atoms with van der Waals surface area (Å²) >= 11 is 0. The lowest BCUT2D eigenvalue weighted by Gasteiger charge is -2.18. The maximum atomic E-state index is 13.5. The molecule has 2 N–H and O–H groups in total. The molecule has 178 valence electrons. The molecule has 9 heteroatoms. The largest absolute Gasteiger partial charge is 0.438 e. The van der Waals surface area contributed by atoms with Crippen molar-refractivity contribution in [2.45, 2.75) is 32.2 Å². The van der Waals surface area contributed by atoms with Crippen LogP contribution in [-0.2, 0) is 0 Å². The Morgan fingerprint density at radius 2 is 2.06 bits per heavy atom. The summed E-state index contributed by atoms with van der Waals surface area (Å²) in [6, 6.07) is 9.31. The molecule has 0 spiro atoms. The maximum Gasteiger partial charge on any atom is 0.256 e. The van der Waals surface area contributed by atoms with Crippen LogP contribution >= 0.6 is 0 Å². The predicted molar refractivity (Wildman–Crippen MR) is 129 cm³/mol. The Morgan fingerprint density at radius 1 is 1.21 bits per heavy atom. The minimum atomic E-state index is -0.419. The average molecular weight is 465 g/mol. The molecule has 8 nitrogen and oxygen atoms in total. The van der Waals surface area contributed by atoms with E-state index in [1.807, 2.05) is 32.1 Å². The van der Waals surface area contributed by atoms with Crippen molar-refractivity contribution in [2.24, 2.45) is 5.92 Å². The lowest BCUT2D eigenvalue weighted by Crippen LogP contribution is -2.29. The number of benzene rings is 1. The molecule has 2 heterocycles. The molecule has 0 saturated heterocycles. The van der Waals surface area contributed by atoms with E-state index in [1.165, 1.54) is 18.3 Å². The van der Waals surface area contributed by atoms with Crippen LogP contribution in [0.1, 0.15) is 35.2 Å². The maximum absolute atomic E-state index is 13.5. The highest BCUT2D eigenvalue weighted by Crippen LogP contribution is 2.28. The molecule has 0 aliphatic heterocycles. The van der Waals surface area contributed by atoms with Gasteiger partial charge in [0.1, 0.15) is 22.9 Å². The Morgan fingerprint density at radius 3 is 2.85 bits per heavy atom. The number of nitrogens with zero attached hydrogens (tertiary/aromatic N) is 4. The highest BCUT2D eigenvalue weighted by Gasteiger charge is 2.26. The van der Waals surface area contributed by atoms with Crippen LogP contribution in [0.3, 0.4) is 0 Å². The van der Waals surface area contributed by atoms with Crippen LogP contribution in [0.4, 0.5) is 16.2 Å². The van der Waals surface area contributed by atoms with E-state index in [2.05, 4.69) is 25.6 Å². The molecule has 4 rings (SSSR count). The second-order valence-electron chi connectivity index (χ2n) is 8.74. The molecule has 0 radical (unpaired) electrons. The number of aryl methyl sites for hydroxylation is 1. The zero-order valence-electron chi connectivity index (χ0n) is 19.6. The SMILES string of the molecule is Cc1cnc(N[C@H]2CC[C@@H](CNC(=O)c3cccnc3Oc3cccc(F)c3)C2)nc1N(C)C. The topological polar surface area (TPSA) is 92.3 Å². The third-order valence-electron chi connectivity index (χ3n) is 5.82. The third kappa shape index (κ3) is 5.78. The van der Waals surface area contributed by atoms with Gasteiger partial charge in [-0.15, -0.1) is 0 Å². The minimum absolute atomic E-state index is 0.143. The molecule has 2 aromatic heterocycles. The molecule has 1 aromatic carbocycles. The van der Waals surface area contributed by atoms with Gasteiger partial charge in [0.2, 0.25) is 11.8 Å². The van der Waals surface area contributed by atoms with E-state index in [9.17, 15) is 9.18 Å². The third-order valence-corrected chi connectivity index (χ3v) is 5.82. The number of ether oxygens (including phenoxy) is 1. The number of halogens is 1. The number of carbonyl (C=O) groups is 1. The zero-order valence-corrected chi connectivity index (χ0v) is 19.6.